The lowest BCUT2D eigenvalue weighted by atomic mass is 9.85. The molecule has 0 fully saturated rings. The lowest BCUT2D eigenvalue weighted by Crippen LogP contribution is -2.25. The van der Waals surface area contributed by atoms with Crippen molar-refractivity contribution in [3.8, 4) is 17.2 Å². The van der Waals surface area contributed by atoms with Crippen LogP contribution in [-0.4, -0.2) is 37.9 Å². The fourth-order valence-corrected chi connectivity index (χ4v) is 3.40. The summed E-state index contributed by atoms with van der Waals surface area (Å²) in [5.74, 6) is 0.625. The quantitative estimate of drug-likeness (QED) is 0.122. The molecule has 0 aliphatic rings. The molecular weight excluding hydrogens is 524 g/mol. The highest BCUT2D eigenvalue weighted by atomic mass is 16.7. The zero-order valence-electron chi connectivity index (χ0n) is 26.0. The van der Waals surface area contributed by atoms with Gasteiger partial charge in [-0.15, -0.1) is 0 Å². The van der Waals surface area contributed by atoms with E-state index in [1.807, 2.05) is 33.8 Å². The number of benzene rings is 2. The molecule has 0 unspecified atom stereocenters. The summed E-state index contributed by atoms with van der Waals surface area (Å²) in [7, 11) is 0. The first-order valence-corrected chi connectivity index (χ1v) is 13.7. The molecule has 0 atom stereocenters. The summed E-state index contributed by atoms with van der Waals surface area (Å²) in [6.07, 6.45) is 3.19. The number of esters is 2. The number of carbonyl (C=O) groups excluding carboxylic acids is 3. The summed E-state index contributed by atoms with van der Waals surface area (Å²) >= 11 is 0. The Labute approximate surface area is 244 Å². The Morgan fingerprint density at radius 2 is 1.24 bits per heavy atom. The van der Waals surface area contributed by atoms with Crippen LogP contribution in [0, 0.1) is 10.8 Å². The second kappa shape index (κ2) is 13.7. The van der Waals surface area contributed by atoms with E-state index in [-0.39, 0.29) is 36.7 Å². The van der Waals surface area contributed by atoms with Crippen molar-refractivity contribution in [1.29, 1.82) is 0 Å². The number of ether oxygens (including phenoxy) is 5. The SMILES string of the molecule is CCOc1cc(OCOC(=O)C(C)(C)C)c(C(C)(C)C)cc1/C=C/C(=O)c1ccc(OCOC(=O)C(C)(C)C)cc1. The van der Waals surface area contributed by atoms with E-state index in [2.05, 4.69) is 0 Å². The summed E-state index contributed by atoms with van der Waals surface area (Å²) in [6, 6.07) is 10.3. The van der Waals surface area contributed by atoms with Crippen molar-refractivity contribution in [1.82, 2.24) is 0 Å². The van der Waals surface area contributed by atoms with Gasteiger partial charge in [0.1, 0.15) is 17.2 Å². The first-order chi connectivity index (χ1) is 18.9. The van der Waals surface area contributed by atoms with Gasteiger partial charge in [0.15, 0.2) is 5.78 Å². The van der Waals surface area contributed by atoms with Gasteiger partial charge < -0.3 is 23.7 Å². The molecule has 0 amide bonds. The molecule has 0 spiro atoms. The highest BCUT2D eigenvalue weighted by Crippen LogP contribution is 2.37. The predicted octanol–water partition coefficient (Wildman–Crippen LogP) is 7.13. The van der Waals surface area contributed by atoms with Gasteiger partial charge in [-0.1, -0.05) is 20.8 Å². The molecule has 8 nitrogen and oxygen atoms in total. The second-order valence-electron chi connectivity index (χ2n) is 12.7. The van der Waals surface area contributed by atoms with Crippen LogP contribution in [0.4, 0.5) is 0 Å². The lowest BCUT2D eigenvalue weighted by Gasteiger charge is -2.25. The topological polar surface area (TPSA) is 97.4 Å². The number of ketones is 1. The number of hydrogen-bond donors (Lipinski definition) is 0. The molecule has 8 heteroatoms. The van der Waals surface area contributed by atoms with E-state index in [9.17, 15) is 14.4 Å². The van der Waals surface area contributed by atoms with E-state index < -0.39 is 10.8 Å². The highest BCUT2D eigenvalue weighted by molar-refractivity contribution is 6.07. The zero-order valence-corrected chi connectivity index (χ0v) is 26.0. The third kappa shape index (κ3) is 10.3. The molecule has 0 N–H and O–H groups in total. The molecule has 2 rings (SSSR count). The Morgan fingerprint density at radius 1 is 0.707 bits per heavy atom. The standard InChI is InChI=1S/C33H44O8/c1-11-37-27-19-28(39-21-41-30(36)33(8,9)10)25(31(2,3)4)18-23(27)14-17-26(34)22-12-15-24(16-13-22)38-20-40-29(35)32(5,6)7/h12-19H,11,20-21H2,1-10H3/b17-14+. The number of allylic oxidation sites excluding steroid dienone is 1. The largest absolute Gasteiger partial charge is 0.493 e. The van der Waals surface area contributed by atoms with Crippen molar-refractivity contribution < 1.29 is 38.1 Å². The van der Waals surface area contributed by atoms with E-state index in [0.717, 1.165) is 5.56 Å². The van der Waals surface area contributed by atoms with Gasteiger partial charge in [-0.05, 0) is 96.4 Å². The summed E-state index contributed by atoms with van der Waals surface area (Å²) in [5, 5.41) is 0. The second-order valence-corrected chi connectivity index (χ2v) is 12.7. The first-order valence-electron chi connectivity index (χ1n) is 13.7. The van der Waals surface area contributed by atoms with Crippen molar-refractivity contribution in [2.75, 3.05) is 20.2 Å². The van der Waals surface area contributed by atoms with E-state index in [1.165, 1.54) is 6.08 Å². The van der Waals surface area contributed by atoms with Crippen LogP contribution < -0.4 is 14.2 Å². The molecule has 41 heavy (non-hydrogen) atoms. The van der Waals surface area contributed by atoms with E-state index in [1.54, 1.807) is 78.0 Å². The molecule has 2 aromatic carbocycles. The normalized spacial score (nSPS) is 12.1. The van der Waals surface area contributed by atoms with Gasteiger partial charge >= 0.3 is 11.9 Å². The molecule has 0 saturated carbocycles. The summed E-state index contributed by atoms with van der Waals surface area (Å²) in [4.78, 5) is 37.0. The van der Waals surface area contributed by atoms with Crippen LogP contribution in [-0.2, 0) is 24.5 Å². The fraction of sp³-hybridized carbons (Fsp3) is 0.485. The Balaban J connectivity index is 2.20. The third-order valence-electron chi connectivity index (χ3n) is 5.82. The molecule has 0 aliphatic heterocycles. The van der Waals surface area contributed by atoms with Crippen LogP contribution in [0.2, 0.25) is 0 Å². The van der Waals surface area contributed by atoms with Gasteiger partial charge in [-0.3, -0.25) is 14.4 Å². The third-order valence-corrected chi connectivity index (χ3v) is 5.82. The van der Waals surface area contributed by atoms with Gasteiger partial charge in [0.25, 0.3) is 0 Å². The first kappa shape index (κ1) is 33.4. The van der Waals surface area contributed by atoms with Crippen LogP contribution in [0.3, 0.4) is 0 Å². The van der Waals surface area contributed by atoms with Gasteiger partial charge in [0.2, 0.25) is 13.6 Å². The Hall–Kier alpha value is -3.81. The maximum Gasteiger partial charge on any atom is 0.314 e. The average molecular weight is 569 g/mol. The minimum atomic E-state index is -0.637. The van der Waals surface area contributed by atoms with Crippen LogP contribution in [0.15, 0.2) is 42.5 Å². The van der Waals surface area contributed by atoms with E-state index >= 15 is 0 Å². The molecule has 0 saturated heterocycles. The highest BCUT2D eigenvalue weighted by Gasteiger charge is 2.25. The minimum absolute atomic E-state index is 0.204. The maximum atomic E-state index is 12.9. The average Bonchev–Trinajstić information content (AvgIpc) is 2.86. The van der Waals surface area contributed by atoms with Gasteiger partial charge in [-0.25, -0.2) is 0 Å². The van der Waals surface area contributed by atoms with Crippen molar-refractivity contribution in [2.45, 2.75) is 74.7 Å². The summed E-state index contributed by atoms with van der Waals surface area (Å²) in [6.45, 7) is 18.6. The maximum absolute atomic E-state index is 12.9. The van der Waals surface area contributed by atoms with Gasteiger partial charge in [-0.2, -0.15) is 0 Å². The summed E-state index contributed by atoms with van der Waals surface area (Å²) in [5.41, 5.74) is 0.490. The lowest BCUT2D eigenvalue weighted by molar-refractivity contribution is -0.160. The Kier molecular flexibility index (Phi) is 11.2. The zero-order chi connectivity index (χ0) is 31.0. The molecule has 0 heterocycles. The number of rotatable bonds is 11. The van der Waals surface area contributed by atoms with E-state index in [0.29, 0.717) is 35.0 Å². The fourth-order valence-electron chi connectivity index (χ4n) is 3.40. The molecule has 224 valence electrons. The molecular formula is C33H44O8. The molecule has 0 bridgehead atoms. The molecule has 0 radical (unpaired) electrons. The Bertz CT molecular complexity index is 1240. The molecule has 0 aliphatic carbocycles. The predicted molar refractivity (Wildman–Crippen MR) is 158 cm³/mol. The molecule has 0 aromatic heterocycles. The number of carbonyl (C=O) groups is 3. The van der Waals surface area contributed by atoms with Crippen molar-refractivity contribution in [3.63, 3.8) is 0 Å². The minimum Gasteiger partial charge on any atom is -0.493 e. The Morgan fingerprint density at radius 3 is 1.73 bits per heavy atom. The van der Waals surface area contributed by atoms with Crippen LogP contribution in [0.25, 0.3) is 6.08 Å². The van der Waals surface area contributed by atoms with Gasteiger partial charge in [0.05, 0.1) is 17.4 Å². The van der Waals surface area contributed by atoms with Gasteiger partial charge in [0, 0.05) is 22.8 Å². The summed E-state index contributed by atoms with van der Waals surface area (Å²) < 4.78 is 27.6. The van der Waals surface area contributed by atoms with Crippen molar-refractivity contribution in [2.24, 2.45) is 10.8 Å². The van der Waals surface area contributed by atoms with Crippen LogP contribution >= 0.6 is 0 Å². The van der Waals surface area contributed by atoms with Crippen molar-refractivity contribution >= 4 is 23.8 Å². The van der Waals surface area contributed by atoms with E-state index in [4.69, 9.17) is 23.7 Å². The van der Waals surface area contributed by atoms with Crippen LogP contribution in [0.1, 0.15) is 90.7 Å². The smallest absolute Gasteiger partial charge is 0.314 e. The molecule has 2 aromatic rings. The monoisotopic (exact) mass is 568 g/mol. The van der Waals surface area contributed by atoms with Crippen LogP contribution in [0.5, 0.6) is 17.2 Å². The number of hydrogen-bond acceptors (Lipinski definition) is 8. The van der Waals surface area contributed by atoms with Crippen molar-refractivity contribution in [3.05, 3.63) is 59.2 Å².